The third kappa shape index (κ3) is 1.26. The topological polar surface area (TPSA) is 22.1 Å². The van der Waals surface area contributed by atoms with Gasteiger partial charge in [0, 0.05) is 12.4 Å². The largest absolute Gasteiger partial charge is 0.490 e. The van der Waals surface area contributed by atoms with E-state index in [9.17, 15) is 0 Å². The highest BCUT2D eigenvalue weighted by Crippen LogP contribution is 2.25. The van der Waals surface area contributed by atoms with Crippen LogP contribution in [0.5, 0.6) is 5.75 Å². The molecule has 0 bridgehead atoms. The summed E-state index contributed by atoms with van der Waals surface area (Å²) in [6.45, 7) is 0. The first kappa shape index (κ1) is 5.71. The molecule has 1 heterocycles. The number of aromatic nitrogens is 1. The molecule has 0 unspecified atom stereocenters. The highest BCUT2D eigenvalue weighted by Gasteiger charge is 2.23. The molecule has 1 aromatic heterocycles. The Bertz CT molecular complexity index is 206. The molecule has 2 nitrogen and oxygen atoms in total. The Hall–Kier alpha value is -1.05. The van der Waals surface area contributed by atoms with Crippen molar-refractivity contribution >= 4 is 0 Å². The second kappa shape index (κ2) is 2.29. The minimum atomic E-state index is 0.488. The van der Waals surface area contributed by atoms with Gasteiger partial charge in [-0.25, -0.2) is 0 Å². The minimum absolute atomic E-state index is 0.488. The van der Waals surface area contributed by atoms with Gasteiger partial charge in [0.2, 0.25) is 0 Å². The molecule has 0 radical (unpaired) electrons. The SMILES string of the molecule is c1cc(OC2CC2)ccn1. The molecule has 0 aliphatic heterocycles. The summed E-state index contributed by atoms with van der Waals surface area (Å²) in [6.07, 6.45) is 6.41. The maximum Gasteiger partial charge on any atom is 0.122 e. The van der Waals surface area contributed by atoms with Gasteiger partial charge in [-0.1, -0.05) is 0 Å². The maximum absolute atomic E-state index is 5.49. The van der Waals surface area contributed by atoms with Crippen molar-refractivity contribution < 1.29 is 4.74 Å². The number of ether oxygens (including phenoxy) is 1. The standard InChI is InChI=1S/C8H9NO/c1-2-7(1)10-8-3-5-9-6-4-8/h3-7H,1-2H2. The quantitative estimate of drug-likeness (QED) is 0.614. The fraction of sp³-hybridized carbons (Fsp3) is 0.375. The Morgan fingerprint density at radius 1 is 1.30 bits per heavy atom. The Morgan fingerprint density at radius 3 is 2.60 bits per heavy atom. The van der Waals surface area contributed by atoms with E-state index in [2.05, 4.69) is 4.98 Å². The summed E-state index contributed by atoms with van der Waals surface area (Å²) in [5.74, 6) is 0.942. The average molecular weight is 135 g/mol. The van der Waals surface area contributed by atoms with Crippen molar-refractivity contribution in [2.75, 3.05) is 0 Å². The van der Waals surface area contributed by atoms with Gasteiger partial charge < -0.3 is 4.74 Å². The Morgan fingerprint density at radius 2 is 2.00 bits per heavy atom. The van der Waals surface area contributed by atoms with E-state index in [1.54, 1.807) is 12.4 Å². The number of pyridine rings is 1. The number of hydrogen-bond acceptors (Lipinski definition) is 2. The van der Waals surface area contributed by atoms with Gasteiger partial charge in [-0.3, -0.25) is 4.98 Å². The van der Waals surface area contributed by atoms with Gasteiger partial charge in [0.05, 0.1) is 6.10 Å². The van der Waals surface area contributed by atoms with Crippen molar-refractivity contribution in [2.45, 2.75) is 18.9 Å². The lowest BCUT2D eigenvalue weighted by atomic mass is 10.4. The highest BCUT2D eigenvalue weighted by molar-refractivity contribution is 5.17. The molecular formula is C8H9NO. The van der Waals surface area contributed by atoms with E-state index >= 15 is 0 Å². The lowest BCUT2D eigenvalue weighted by Gasteiger charge is -2.00. The Labute approximate surface area is 59.9 Å². The molecule has 52 valence electrons. The molecule has 1 aliphatic carbocycles. The van der Waals surface area contributed by atoms with E-state index in [1.807, 2.05) is 12.1 Å². The van der Waals surface area contributed by atoms with Gasteiger partial charge in [0.25, 0.3) is 0 Å². The first-order chi connectivity index (χ1) is 4.95. The molecule has 1 saturated carbocycles. The summed E-state index contributed by atoms with van der Waals surface area (Å²) in [5.41, 5.74) is 0. The van der Waals surface area contributed by atoms with Gasteiger partial charge in [-0.15, -0.1) is 0 Å². The smallest absolute Gasteiger partial charge is 0.122 e. The van der Waals surface area contributed by atoms with Crippen LogP contribution in [0.25, 0.3) is 0 Å². The summed E-state index contributed by atoms with van der Waals surface area (Å²) < 4.78 is 5.49. The summed E-state index contributed by atoms with van der Waals surface area (Å²) in [4.78, 5) is 3.89. The lowest BCUT2D eigenvalue weighted by Crippen LogP contribution is -1.94. The van der Waals surface area contributed by atoms with E-state index in [0.29, 0.717) is 6.10 Å². The van der Waals surface area contributed by atoms with E-state index < -0.39 is 0 Å². The predicted octanol–water partition coefficient (Wildman–Crippen LogP) is 1.62. The van der Waals surface area contributed by atoms with Crippen molar-refractivity contribution in [1.82, 2.24) is 4.98 Å². The molecule has 0 atom stereocenters. The molecule has 0 spiro atoms. The molecule has 0 amide bonds. The van der Waals surface area contributed by atoms with Crippen LogP contribution in [0.15, 0.2) is 24.5 Å². The van der Waals surface area contributed by atoms with E-state index in [-0.39, 0.29) is 0 Å². The molecule has 0 N–H and O–H groups in total. The number of rotatable bonds is 2. The van der Waals surface area contributed by atoms with Crippen molar-refractivity contribution in [3.05, 3.63) is 24.5 Å². The molecule has 1 aromatic rings. The molecule has 0 saturated heterocycles. The fourth-order valence-corrected chi connectivity index (χ4v) is 0.795. The van der Waals surface area contributed by atoms with Crippen LogP contribution in [0.4, 0.5) is 0 Å². The van der Waals surface area contributed by atoms with Crippen LogP contribution >= 0.6 is 0 Å². The molecule has 1 fully saturated rings. The van der Waals surface area contributed by atoms with Crippen LogP contribution in [0.1, 0.15) is 12.8 Å². The van der Waals surface area contributed by atoms with Crippen molar-refractivity contribution in [1.29, 1.82) is 0 Å². The second-order valence-corrected chi connectivity index (χ2v) is 2.50. The Balaban J connectivity index is 2.03. The summed E-state index contributed by atoms with van der Waals surface area (Å²) in [5, 5.41) is 0. The van der Waals surface area contributed by atoms with Gasteiger partial charge in [0.1, 0.15) is 5.75 Å². The average Bonchev–Trinajstić information content (AvgIpc) is 2.74. The van der Waals surface area contributed by atoms with E-state index in [4.69, 9.17) is 4.74 Å². The summed E-state index contributed by atoms with van der Waals surface area (Å²) in [6, 6.07) is 3.77. The van der Waals surface area contributed by atoms with Gasteiger partial charge in [-0.2, -0.15) is 0 Å². The fourth-order valence-electron chi connectivity index (χ4n) is 0.795. The maximum atomic E-state index is 5.49. The van der Waals surface area contributed by atoms with Gasteiger partial charge >= 0.3 is 0 Å². The number of nitrogens with zero attached hydrogens (tertiary/aromatic N) is 1. The monoisotopic (exact) mass is 135 g/mol. The zero-order chi connectivity index (χ0) is 6.81. The van der Waals surface area contributed by atoms with Gasteiger partial charge in [-0.05, 0) is 25.0 Å². The van der Waals surface area contributed by atoms with E-state index in [0.717, 1.165) is 5.75 Å². The van der Waals surface area contributed by atoms with Crippen molar-refractivity contribution in [3.8, 4) is 5.75 Å². The third-order valence-corrected chi connectivity index (χ3v) is 1.48. The molecule has 2 rings (SSSR count). The number of hydrogen-bond donors (Lipinski definition) is 0. The van der Waals surface area contributed by atoms with Crippen molar-refractivity contribution in [3.63, 3.8) is 0 Å². The van der Waals surface area contributed by atoms with E-state index in [1.165, 1.54) is 12.8 Å². The second-order valence-electron chi connectivity index (χ2n) is 2.50. The van der Waals surface area contributed by atoms with Gasteiger partial charge in [0.15, 0.2) is 0 Å². The van der Waals surface area contributed by atoms with Crippen LogP contribution in [0.2, 0.25) is 0 Å². The highest BCUT2D eigenvalue weighted by atomic mass is 16.5. The zero-order valence-corrected chi connectivity index (χ0v) is 5.66. The van der Waals surface area contributed by atoms with Crippen molar-refractivity contribution in [2.24, 2.45) is 0 Å². The minimum Gasteiger partial charge on any atom is -0.490 e. The molecule has 1 aliphatic rings. The third-order valence-electron chi connectivity index (χ3n) is 1.48. The predicted molar refractivity (Wildman–Crippen MR) is 37.9 cm³/mol. The summed E-state index contributed by atoms with van der Waals surface area (Å²) >= 11 is 0. The molecule has 0 aromatic carbocycles. The zero-order valence-electron chi connectivity index (χ0n) is 5.66. The normalized spacial score (nSPS) is 16.8. The van der Waals surface area contributed by atoms with Crippen LogP contribution in [-0.4, -0.2) is 11.1 Å². The van der Waals surface area contributed by atoms with Crippen LogP contribution in [0.3, 0.4) is 0 Å². The lowest BCUT2D eigenvalue weighted by molar-refractivity contribution is 0.303. The molecule has 2 heteroatoms. The van der Waals surface area contributed by atoms with Crippen LogP contribution in [-0.2, 0) is 0 Å². The molecular weight excluding hydrogens is 126 g/mol. The molecule has 10 heavy (non-hydrogen) atoms. The Kier molecular flexibility index (Phi) is 1.31. The first-order valence-corrected chi connectivity index (χ1v) is 3.52. The summed E-state index contributed by atoms with van der Waals surface area (Å²) in [7, 11) is 0. The van der Waals surface area contributed by atoms with Crippen LogP contribution in [0, 0.1) is 0 Å². The first-order valence-electron chi connectivity index (χ1n) is 3.52. The van der Waals surface area contributed by atoms with Crippen LogP contribution < -0.4 is 4.74 Å².